The molecule has 0 radical (unpaired) electrons. The van der Waals surface area contributed by atoms with Gasteiger partial charge in [0.1, 0.15) is 0 Å². The maximum atomic E-state index is 5.28. The molecule has 1 aromatic carbocycles. The van der Waals surface area contributed by atoms with Gasteiger partial charge in [0.05, 0.1) is 6.10 Å². The fourth-order valence-electron chi connectivity index (χ4n) is 1.64. The van der Waals surface area contributed by atoms with Crippen molar-refractivity contribution in [3.63, 3.8) is 0 Å². The molecule has 0 bridgehead atoms. The molecule has 84 valence electrons. The molecule has 0 aliphatic rings. The number of methoxy groups -OCH3 is 1. The lowest BCUT2D eigenvalue weighted by Gasteiger charge is -2.21. The van der Waals surface area contributed by atoms with E-state index in [1.54, 1.807) is 7.11 Å². The van der Waals surface area contributed by atoms with Crippen molar-refractivity contribution in [2.45, 2.75) is 39.8 Å². The van der Waals surface area contributed by atoms with Crippen molar-refractivity contribution < 1.29 is 4.74 Å². The molecule has 0 heterocycles. The largest absolute Gasteiger partial charge is 0.380 e. The van der Waals surface area contributed by atoms with E-state index in [0.29, 0.717) is 6.04 Å². The molecule has 2 heteroatoms. The highest BCUT2D eigenvalue weighted by molar-refractivity contribution is 5.49. The van der Waals surface area contributed by atoms with Crippen molar-refractivity contribution in [1.82, 2.24) is 0 Å². The van der Waals surface area contributed by atoms with Crippen molar-refractivity contribution in [3.8, 4) is 0 Å². The summed E-state index contributed by atoms with van der Waals surface area (Å²) in [6, 6.07) is 6.81. The van der Waals surface area contributed by atoms with Crippen molar-refractivity contribution in [2.75, 3.05) is 12.4 Å². The van der Waals surface area contributed by atoms with Crippen LogP contribution in [0.1, 0.15) is 25.0 Å². The first-order valence-electron chi connectivity index (χ1n) is 5.40. The Morgan fingerprint density at radius 2 is 1.60 bits per heavy atom. The number of nitrogens with one attached hydrogen (secondary N) is 1. The molecule has 1 aromatic rings. The summed E-state index contributed by atoms with van der Waals surface area (Å²) in [7, 11) is 1.74. The molecule has 15 heavy (non-hydrogen) atoms. The summed E-state index contributed by atoms with van der Waals surface area (Å²) < 4.78 is 5.28. The quantitative estimate of drug-likeness (QED) is 0.819. The molecule has 2 nitrogen and oxygen atoms in total. The third-order valence-electron chi connectivity index (χ3n) is 2.69. The number of anilines is 1. The van der Waals surface area contributed by atoms with Gasteiger partial charge in [0.15, 0.2) is 0 Å². The smallest absolute Gasteiger partial charge is 0.0741 e. The number of hydrogen-bond donors (Lipinski definition) is 1. The minimum absolute atomic E-state index is 0.214. The summed E-state index contributed by atoms with van der Waals surface area (Å²) in [4.78, 5) is 0. The van der Waals surface area contributed by atoms with Crippen LogP contribution in [-0.2, 0) is 4.74 Å². The van der Waals surface area contributed by atoms with Crippen LogP contribution in [0, 0.1) is 13.8 Å². The molecule has 0 saturated carbocycles. The van der Waals surface area contributed by atoms with Gasteiger partial charge in [-0.2, -0.15) is 0 Å². The lowest BCUT2D eigenvalue weighted by atomic mass is 10.1. The maximum Gasteiger partial charge on any atom is 0.0741 e. The van der Waals surface area contributed by atoms with E-state index in [0.717, 1.165) is 0 Å². The fraction of sp³-hybridized carbons (Fsp3) is 0.538. The van der Waals surface area contributed by atoms with E-state index in [-0.39, 0.29) is 6.10 Å². The lowest BCUT2D eigenvalue weighted by molar-refractivity contribution is 0.106. The predicted octanol–water partition coefficient (Wildman–Crippen LogP) is 3.14. The van der Waals surface area contributed by atoms with Crippen molar-refractivity contribution in [3.05, 3.63) is 29.3 Å². The topological polar surface area (TPSA) is 21.3 Å². The first-order chi connectivity index (χ1) is 7.02. The first kappa shape index (κ1) is 12.1. The Labute approximate surface area is 92.6 Å². The van der Waals surface area contributed by atoms with Crippen LogP contribution < -0.4 is 5.32 Å². The molecular formula is C13H21NO. The summed E-state index contributed by atoms with van der Waals surface area (Å²) in [5, 5.41) is 3.45. The van der Waals surface area contributed by atoms with E-state index in [2.05, 4.69) is 51.2 Å². The Morgan fingerprint density at radius 3 is 2.07 bits per heavy atom. The average Bonchev–Trinajstić information content (AvgIpc) is 2.14. The first-order valence-corrected chi connectivity index (χ1v) is 5.40. The molecule has 0 aliphatic heterocycles. The number of hydrogen-bond acceptors (Lipinski definition) is 2. The molecule has 1 rings (SSSR count). The van der Waals surface area contributed by atoms with Crippen LogP contribution in [0.2, 0.25) is 0 Å². The number of ether oxygens (including phenoxy) is 1. The predicted molar refractivity (Wildman–Crippen MR) is 65.5 cm³/mol. The van der Waals surface area contributed by atoms with E-state index in [9.17, 15) is 0 Å². The molecule has 0 amide bonds. The second-order valence-electron chi connectivity index (χ2n) is 4.25. The molecule has 0 spiro atoms. The average molecular weight is 207 g/mol. The van der Waals surface area contributed by atoms with Crippen molar-refractivity contribution in [2.24, 2.45) is 0 Å². The van der Waals surface area contributed by atoms with E-state index < -0.39 is 0 Å². The number of rotatable bonds is 4. The molecule has 0 aliphatic carbocycles. The van der Waals surface area contributed by atoms with Crippen LogP contribution in [0.5, 0.6) is 0 Å². The zero-order valence-corrected chi connectivity index (χ0v) is 10.3. The van der Waals surface area contributed by atoms with Crippen LogP contribution in [-0.4, -0.2) is 19.3 Å². The second-order valence-corrected chi connectivity index (χ2v) is 4.25. The SMILES string of the molecule is COC(C)C(C)Nc1cc(C)cc(C)c1. The Balaban J connectivity index is 2.72. The molecule has 0 aromatic heterocycles. The zero-order chi connectivity index (χ0) is 11.4. The van der Waals surface area contributed by atoms with Crippen molar-refractivity contribution >= 4 is 5.69 Å². The van der Waals surface area contributed by atoms with E-state index >= 15 is 0 Å². The monoisotopic (exact) mass is 207 g/mol. The fourth-order valence-corrected chi connectivity index (χ4v) is 1.64. The Bertz CT molecular complexity index is 302. The van der Waals surface area contributed by atoms with Gasteiger partial charge in [-0.3, -0.25) is 0 Å². The minimum atomic E-state index is 0.214. The van der Waals surface area contributed by atoms with E-state index in [4.69, 9.17) is 4.74 Å². The Hall–Kier alpha value is -1.02. The van der Waals surface area contributed by atoms with Gasteiger partial charge in [-0.15, -0.1) is 0 Å². The van der Waals surface area contributed by atoms with Crippen LogP contribution in [0.15, 0.2) is 18.2 Å². The summed E-state index contributed by atoms with van der Waals surface area (Å²) >= 11 is 0. The van der Waals surface area contributed by atoms with Gasteiger partial charge in [-0.05, 0) is 51.0 Å². The highest BCUT2D eigenvalue weighted by Gasteiger charge is 2.10. The van der Waals surface area contributed by atoms with Gasteiger partial charge < -0.3 is 10.1 Å². The highest BCUT2D eigenvalue weighted by atomic mass is 16.5. The Kier molecular flexibility index (Phi) is 4.15. The standard InChI is InChI=1S/C13H21NO/c1-9-6-10(2)8-13(7-9)14-11(3)12(4)15-5/h6-8,11-12,14H,1-5H3. The number of benzene rings is 1. The summed E-state index contributed by atoms with van der Waals surface area (Å²) in [5.41, 5.74) is 3.74. The van der Waals surface area contributed by atoms with Gasteiger partial charge in [0.25, 0.3) is 0 Å². The summed E-state index contributed by atoms with van der Waals surface area (Å²) in [6.45, 7) is 8.43. The summed E-state index contributed by atoms with van der Waals surface area (Å²) in [6.07, 6.45) is 0.214. The molecule has 0 saturated heterocycles. The summed E-state index contributed by atoms with van der Waals surface area (Å²) in [5.74, 6) is 0. The van der Waals surface area contributed by atoms with Crippen LogP contribution in [0.4, 0.5) is 5.69 Å². The Morgan fingerprint density at radius 1 is 1.07 bits per heavy atom. The lowest BCUT2D eigenvalue weighted by Crippen LogP contribution is -2.29. The molecular weight excluding hydrogens is 186 g/mol. The highest BCUT2D eigenvalue weighted by Crippen LogP contribution is 2.15. The van der Waals surface area contributed by atoms with Gasteiger partial charge >= 0.3 is 0 Å². The normalized spacial score (nSPS) is 14.7. The zero-order valence-electron chi connectivity index (χ0n) is 10.3. The molecule has 2 unspecified atom stereocenters. The molecule has 1 N–H and O–H groups in total. The third-order valence-corrected chi connectivity index (χ3v) is 2.69. The van der Waals surface area contributed by atoms with Crippen LogP contribution in [0.3, 0.4) is 0 Å². The second kappa shape index (κ2) is 5.17. The van der Waals surface area contributed by atoms with E-state index in [1.807, 2.05) is 0 Å². The number of aryl methyl sites for hydroxylation is 2. The van der Waals surface area contributed by atoms with Gasteiger partial charge in [0, 0.05) is 18.8 Å². The maximum absolute atomic E-state index is 5.28. The van der Waals surface area contributed by atoms with E-state index in [1.165, 1.54) is 16.8 Å². The van der Waals surface area contributed by atoms with Gasteiger partial charge in [-0.1, -0.05) is 6.07 Å². The van der Waals surface area contributed by atoms with Crippen LogP contribution in [0.25, 0.3) is 0 Å². The van der Waals surface area contributed by atoms with Crippen molar-refractivity contribution in [1.29, 1.82) is 0 Å². The van der Waals surface area contributed by atoms with Gasteiger partial charge in [0.2, 0.25) is 0 Å². The molecule has 2 atom stereocenters. The van der Waals surface area contributed by atoms with Crippen LogP contribution >= 0.6 is 0 Å². The third kappa shape index (κ3) is 3.56. The minimum Gasteiger partial charge on any atom is -0.380 e. The molecule has 0 fully saturated rings. The van der Waals surface area contributed by atoms with Gasteiger partial charge in [-0.25, -0.2) is 0 Å².